The van der Waals surface area contributed by atoms with Gasteiger partial charge in [0.05, 0.1) is 12.9 Å². The fraction of sp³-hybridized carbons (Fsp3) is 0.421. The van der Waals surface area contributed by atoms with Crippen LogP contribution in [0.15, 0.2) is 24.8 Å². The van der Waals surface area contributed by atoms with E-state index in [9.17, 15) is 19.9 Å². The monoisotopic (exact) mass is 481 g/mol. The zero-order valence-corrected chi connectivity index (χ0v) is 18.6. The van der Waals surface area contributed by atoms with Crippen LogP contribution in [-0.4, -0.2) is 69.5 Å². The van der Waals surface area contributed by atoms with Crippen molar-refractivity contribution in [3.05, 3.63) is 41.5 Å². The van der Waals surface area contributed by atoms with Gasteiger partial charge in [-0.2, -0.15) is 0 Å². The Kier molecular flexibility index (Phi) is 6.38. The number of phosphoric acid groups is 1. The highest BCUT2D eigenvalue weighted by atomic mass is 31.2. The largest absolute Gasteiger partial charge is 0.524 e. The van der Waals surface area contributed by atoms with Gasteiger partial charge in [0, 0.05) is 6.54 Å². The molecule has 1 fully saturated rings. The van der Waals surface area contributed by atoms with Crippen LogP contribution in [0.25, 0.3) is 11.2 Å². The molecule has 0 bridgehead atoms. The summed E-state index contributed by atoms with van der Waals surface area (Å²) < 4.78 is 23.1. The summed E-state index contributed by atoms with van der Waals surface area (Å²) in [4.78, 5) is 31.0. The maximum absolute atomic E-state index is 11.3. The van der Waals surface area contributed by atoms with Gasteiger partial charge in [-0.15, -0.1) is 0 Å². The van der Waals surface area contributed by atoms with Crippen molar-refractivity contribution < 1.29 is 38.9 Å². The highest BCUT2D eigenvalue weighted by molar-refractivity contribution is 7.46. The van der Waals surface area contributed by atoms with Gasteiger partial charge in [0.2, 0.25) is 0 Å². The highest BCUT2D eigenvalue weighted by Crippen LogP contribution is 2.40. The van der Waals surface area contributed by atoms with Crippen LogP contribution in [-0.2, 0) is 15.8 Å². The topological polar surface area (TPSA) is 192 Å². The lowest BCUT2D eigenvalue weighted by Crippen LogP contribution is -2.33. The third-order valence-corrected chi connectivity index (χ3v) is 5.94. The number of ether oxygens (including phenoxy) is 1. The fourth-order valence-electron chi connectivity index (χ4n) is 3.69. The minimum absolute atomic E-state index is 0.0848. The quantitative estimate of drug-likeness (QED) is 0.250. The van der Waals surface area contributed by atoms with Gasteiger partial charge in [-0.05, 0) is 36.6 Å². The van der Waals surface area contributed by atoms with Crippen molar-refractivity contribution in [2.45, 2.75) is 44.9 Å². The number of nitrogens with one attached hydrogen (secondary N) is 1. The summed E-state index contributed by atoms with van der Waals surface area (Å²) in [6.07, 6.45) is -1.77. The molecule has 3 heterocycles. The number of anilines is 1. The molecule has 178 valence electrons. The zero-order valence-electron chi connectivity index (χ0n) is 17.7. The van der Waals surface area contributed by atoms with Crippen LogP contribution in [0.2, 0.25) is 0 Å². The molecule has 0 radical (unpaired) electrons. The van der Waals surface area contributed by atoms with Gasteiger partial charge in [0.25, 0.3) is 0 Å². The number of nitrogens with zero attached hydrogens (tertiary/aromatic N) is 4. The standard InChI is InChI=1S/C19H24N5O8P/c1-9-3-11(4-12(10(9)2)32-33(28,29)30)5-20-17-14-18(22-7-21-17)24(8-23-14)19-16(27)15(26)13(6-25)31-19/h3-4,7-8,13,15-16,19,25-27H,5-6H2,1-2H3,(H,20,21,22)(H2,28,29,30)/t13-,15-,16-,19-/m1/s1. The molecule has 0 amide bonds. The van der Waals surface area contributed by atoms with Crippen LogP contribution < -0.4 is 9.84 Å². The molecule has 13 nitrogen and oxygen atoms in total. The molecule has 4 rings (SSSR count). The Bertz CT molecular complexity index is 1210. The predicted octanol–water partition coefficient (Wildman–Crippen LogP) is 0.138. The first-order valence-corrected chi connectivity index (χ1v) is 11.5. The number of phosphoric ester groups is 1. The predicted molar refractivity (Wildman–Crippen MR) is 114 cm³/mol. The molecule has 6 N–H and O–H groups in total. The average Bonchev–Trinajstić information content (AvgIpc) is 3.30. The molecule has 0 aliphatic carbocycles. The number of hydrogen-bond acceptors (Lipinski definition) is 10. The number of aliphatic hydroxyl groups excluding tert-OH is 3. The summed E-state index contributed by atoms with van der Waals surface area (Å²) in [5, 5.41) is 32.8. The van der Waals surface area contributed by atoms with Gasteiger partial charge in [0.15, 0.2) is 23.2 Å². The second-order valence-electron chi connectivity index (χ2n) is 7.75. The van der Waals surface area contributed by atoms with E-state index < -0.39 is 39.0 Å². The van der Waals surface area contributed by atoms with Crippen LogP contribution in [0.1, 0.15) is 22.9 Å². The molecule has 2 aromatic heterocycles. The van der Waals surface area contributed by atoms with Crippen molar-refractivity contribution in [2.75, 3.05) is 11.9 Å². The molecule has 0 saturated carbocycles. The Morgan fingerprint density at radius 2 is 1.94 bits per heavy atom. The molecular weight excluding hydrogens is 457 g/mol. The Balaban J connectivity index is 1.58. The minimum Gasteiger partial charge on any atom is -0.404 e. The van der Waals surface area contributed by atoms with Crippen LogP contribution in [0.4, 0.5) is 5.82 Å². The van der Waals surface area contributed by atoms with Crippen molar-refractivity contribution in [3.8, 4) is 5.75 Å². The van der Waals surface area contributed by atoms with Crippen molar-refractivity contribution >= 4 is 24.8 Å². The van der Waals surface area contributed by atoms with Gasteiger partial charge >= 0.3 is 7.82 Å². The molecule has 1 aliphatic rings. The van der Waals surface area contributed by atoms with Crippen molar-refractivity contribution in [3.63, 3.8) is 0 Å². The molecule has 1 aliphatic heterocycles. The highest BCUT2D eigenvalue weighted by Gasteiger charge is 2.44. The van der Waals surface area contributed by atoms with Crippen molar-refractivity contribution in [1.29, 1.82) is 0 Å². The van der Waals surface area contributed by atoms with E-state index in [1.54, 1.807) is 13.8 Å². The number of aliphatic hydroxyl groups is 3. The first-order chi connectivity index (χ1) is 15.6. The molecule has 14 heteroatoms. The fourth-order valence-corrected chi connectivity index (χ4v) is 4.13. The van der Waals surface area contributed by atoms with Crippen LogP contribution in [0.5, 0.6) is 5.75 Å². The zero-order chi connectivity index (χ0) is 23.9. The number of aryl methyl sites for hydroxylation is 1. The number of imidazole rings is 1. The molecule has 3 aromatic rings. The van der Waals surface area contributed by atoms with E-state index in [1.807, 2.05) is 6.07 Å². The first kappa shape index (κ1) is 23.5. The van der Waals surface area contributed by atoms with Gasteiger partial charge in [-0.3, -0.25) is 14.4 Å². The number of fused-ring (bicyclic) bond motifs is 1. The van der Waals surface area contributed by atoms with Gasteiger partial charge < -0.3 is 29.9 Å². The second-order valence-corrected chi connectivity index (χ2v) is 8.91. The molecule has 0 unspecified atom stereocenters. The Hall–Kier alpha value is -2.64. The average molecular weight is 481 g/mol. The van der Waals surface area contributed by atoms with Gasteiger partial charge in [0.1, 0.15) is 30.4 Å². The number of hydrogen-bond donors (Lipinski definition) is 6. The Labute approximate surface area is 187 Å². The third-order valence-electron chi connectivity index (χ3n) is 5.51. The van der Waals surface area contributed by atoms with E-state index in [0.29, 0.717) is 28.1 Å². The number of aromatic nitrogens is 4. The smallest absolute Gasteiger partial charge is 0.404 e. The summed E-state index contributed by atoms with van der Waals surface area (Å²) in [5.41, 5.74) is 2.82. The summed E-state index contributed by atoms with van der Waals surface area (Å²) in [6.45, 7) is 3.30. The van der Waals surface area contributed by atoms with Gasteiger partial charge in [-0.1, -0.05) is 6.07 Å². The lowest BCUT2D eigenvalue weighted by molar-refractivity contribution is -0.0511. The first-order valence-electron chi connectivity index (χ1n) is 9.98. The van der Waals surface area contributed by atoms with E-state index in [-0.39, 0.29) is 12.3 Å². The lowest BCUT2D eigenvalue weighted by atomic mass is 10.1. The normalized spacial score (nSPS) is 23.2. The van der Waals surface area contributed by atoms with E-state index in [2.05, 4.69) is 20.3 Å². The van der Waals surface area contributed by atoms with E-state index in [1.165, 1.54) is 23.3 Å². The molecular formula is C19H24N5O8P. The molecule has 4 atom stereocenters. The lowest BCUT2D eigenvalue weighted by Gasteiger charge is -2.16. The van der Waals surface area contributed by atoms with Crippen molar-refractivity contribution in [2.24, 2.45) is 0 Å². The van der Waals surface area contributed by atoms with Gasteiger partial charge in [-0.25, -0.2) is 19.5 Å². The Morgan fingerprint density at radius 3 is 2.61 bits per heavy atom. The SMILES string of the molecule is Cc1cc(CNc2ncnc3c2ncn3[C@@H]2O[C@H](CO)[C@@H](O)[C@H]2O)cc(OP(=O)(O)O)c1C. The summed E-state index contributed by atoms with van der Waals surface area (Å²) >= 11 is 0. The molecule has 1 aromatic carbocycles. The molecule has 33 heavy (non-hydrogen) atoms. The van der Waals surface area contributed by atoms with E-state index in [0.717, 1.165) is 5.56 Å². The van der Waals surface area contributed by atoms with Crippen LogP contribution in [0, 0.1) is 13.8 Å². The summed E-state index contributed by atoms with van der Waals surface area (Å²) in [7, 11) is -4.71. The van der Waals surface area contributed by atoms with Crippen LogP contribution in [0.3, 0.4) is 0 Å². The number of benzene rings is 1. The second kappa shape index (κ2) is 8.95. The summed E-state index contributed by atoms with van der Waals surface area (Å²) in [6, 6.07) is 3.38. The summed E-state index contributed by atoms with van der Waals surface area (Å²) in [5.74, 6) is 0.461. The van der Waals surface area contributed by atoms with E-state index in [4.69, 9.17) is 19.0 Å². The van der Waals surface area contributed by atoms with E-state index >= 15 is 0 Å². The maximum Gasteiger partial charge on any atom is 0.524 e. The van der Waals surface area contributed by atoms with Crippen LogP contribution >= 0.6 is 7.82 Å². The molecule has 1 saturated heterocycles. The maximum atomic E-state index is 11.3. The number of rotatable bonds is 7. The van der Waals surface area contributed by atoms with Crippen molar-refractivity contribution in [1.82, 2.24) is 19.5 Å². The Morgan fingerprint density at radius 1 is 1.18 bits per heavy atom. The third kappa shape index (κ3) is 4.70. The minimum atomic E-state index is -4.71. The molecule has 0 spiro atoms.